The van der Waals surface area contributed by atoms with Crippen LogP contribution in [0.4, 0.5) is 0 Å². The Balaban J connectivity index is 4.55. The highest BCUT2D eigenvalue weighted by Gasteiger charge is 2.10. The topological polar surface area (TPSA) is 18.5 Å². The SMILES string of the molecule is CCCC/C(C)=C(/OC(=S)SC)OC(C)C. The molecule has 0 atom stereocenters. The van der Waals surface area contributed by atoms with E-state index in [0.717, 1.165) is 18.4 Å². The van der Waals surface area contributed by atoms with Gasteiger partial charge in [0.05, 0.1) is 6.10 Å². The third-order valence-corrected chi connectivity index (χ3v) is 2.94. The van der Waals surface area contributed by atoms with Crippen LogP contribution in [0, 0.1) is 0 Å². The Labute approximate surface area is 109 Å². The minimum Gasteiger partial charge on any atom is -0.462 e. The van der Waals surface area contributed by atoms with Gasteiger partial charge in [0.1, 0.15) is 0 Å². The third kappa shape index (κ3) is 7.12. The van der Waals surface area contributed by atoms with Gasteiger partial charge in [0, 0.05) is 5.57 Å². The first kappa shape index (κ1) is 15.8. The van der Waals surface area contributed by atoms with Crippen LogP contribution in [0.5, 0.6) is 0 Å². The smallest absolute Gasteiger partial charge is 0.284 e. The second-order valence-electron chi connectivity index (χ2n) is 3.89. The molecule has 0 aliphatic heterocycles. The van der Waals surface area contributed by atoms with Gasteiger partial charge in [0.15, 0.2) is 0 Å². The summed E-state index contributed by atoms with van der Waals surface area (Å²) in [7, 11) is 0. The highest BCUT2D eigenvalue weighted by molar-refractivity contribution is 8.22. The Morgan fingerprint density at radius 3 is 2.44 bits per heavy atom. The number of thiocarbonyl (C=S) groups is 1. The summed E-state index contributed by atoms with van der Waals surface area (Å²) < 4.78 is 11.7. The summed E-state index contributed by atoms with van der Waals surface area (Å²) in [5.41, 5.74) is 1.13. The van der Waals surface area contributed by atoms with Crippen molar-refractivity contribution in [2.24, 2.45) is 0 Å². The normalized spacial score (nSPS) is 12.4. The Hall–Kier alpha value is -0.220. The van der Waals surface area contributed by atoms with E-state index in [1.165, 1.54) is 18.2 Å². The zero-order valence-electron chi connectivity index (χ0n) is 10.8. The van der Waals surface area contributed by atoms with Gasteiger partial charge in [-0.25, -0.2) is 0 Å². The van der Waals surface area contributed by atoms with Crippen LogP contribution >= 0.6 is 24.0 Å². The lowest BCUT2D eigenvalue weighted by molar-refractivity contribution is 0.0571. The van der Waals surface area contributed by atoms with Gasteiger partial charge >= 0.3 is 0 Å². The second-order valence-corrected chi connectivity index (χ2v) is 5.30. The summed E-state index contributed by atoms with van der Waals surface area (Å²) in [6.45, 7) is 8.18. The van der Waals surface area contributed by atoms with E-state index >= 15 is 0 Å². The quantitative estimate of drug-likeness (QED) is 0.518. The standard InChI is InChI=1S/C12H22O2S2/c1-6-7-8-10(4)11(13-9(2)3)14-12(15)16-5/h9H,6-8H2,1-5H3/b11-10+. The molecule has 0 aliphatic carbocycles. The van der Waals surface area contributed by atoms with E-state index in [1.54, 1.807) is 0 Å². The van der Waals surface area contributed by atoms with Crippen molar-refractivity contribution < 1.29 is 9.47 Å². The van der Waals surface area contributed by atoms with E-state index in [-0.39, 0.29) is 6.10 Å². The van der Waals surface area contributed by atoms with Crippen LogP contribution in [0.3, 0.4) is 0 Å². The molecule has 0 aliphatic rings. The fourth-order valence-corrected chi connectivity index (χ4v) is 1.32. The molecule has 2 nitrogen and oxygen atoms in total. The van der Waals surface area contributed by atoms with Crippen LogP contribution < -0.4 is 0 Å². The fraction of sp³-hybridized carbons (Fsp3) is 0.750. The summed E-state index contributed by atoms with van der Waals surface area (Å²) in [5.74, 6) is 0.586. The second kappa shape index (κ2) is 8.88. The number of thioether (sulfide) groups is 1. The first-order valence-corrected chi connectivity index (χ1v) is 7.26. The number of hydrogen-bond acceptors (Lipinski definition) is 4. The van der Waals surface area contributed by atoms with Crippen LogP contribution in [0.1, 0.15) is 47.0 Å². The predicted molar refractivity (Wildman–Crippen MR) is 75.6 cm³/mol. The molecule has 0 bridgehead atoms. The average Bonchev–Trinajstić information content (AvgIpc) is 2.24. The van der Waals surface area contributed by atoms with Crippen molar-refractivity contribution in [3.63, 3.8) is 0 Å². The lowest BCUT2D eigenvalue weighted by Gasteiger charge is -2.16. The van der Waals surface area contributed by atoms with Crippen LogP contribution in [-0.4, -0.2) is 16.7 Å². The molecule has 4 heteroatoms. The highest BCUT2D eigenvalue weighted by atomic mass is 32.2. The maximum absolute atomic E-state index is 5.64. The van der Waals surface area contributed by atoms with Crippen molar-refractivity contribution in [2.75, 3.05) is 6.26 Å². The van der Waals surface area contributed by atoms with E-state index in [9.17, 15) is 0 Å². The lowest BCUT2D eigenvalue weighted by Crippen LogP contribution is -2.09. The van der Waals surface area contributed by atoms with Crippen LogP contribution in [-0.2, 0) is 9.47 Å². The molecule has 0 saturated carbocycles. The van der Waals surface area contributed by atoms with Gasteiger partial charge in [0.25, 0.3) is 5.95 Å². The predicted octanol–water partition coefficient (Wildman–Crippen LogP) is 4.50. The number of unbranched alkanes of at least 4 members (excludes halogenated alkanes) is 1. The molecular formula is C12H22O2S2. The molecule has 0 aromatic rings. The molecule has 0 saturated heterocycles. The molecule has 0 aromatic carbocycles. The third-order valence-electron chi connectivity index (χ3n) is 1.94. The summed E-state index contributed by atoms with van der Waals surface area (Å²) in [6, 6.07) is 0. The van der Waals surface area contributed by atoms with Crippen LogP contribution in [0.25, 0.3) is 0 Å². The summed E-state index contributed by atoms with van der Waals surface area (Å²) in [4.78, 5) is 0. The van der Waals surface area contributed by atoms with Gasteiger partial charge in [-0.3, -0.25) is 0 Å². The van der Waals surface area contributed by atoms with E-state index < -0.39 is 0 Å². The highest BCUT2D eigenvalue weighted by Crippen LogP contribution is 2.18. The van der Waals surface area contributed by atoms with Gasteiger partial charge in [-0.15, -0.1) is 0 Å². The number of allylic oxidation sites excluding steroid dienone is 1. The molecule has 0 heterocycles. The van der Waals surface area contributed by atoms with Crippen LogP contribution in [0.15, 0.2) is 11.5 Å². The van der Waals surface area contributed by atoms with Crippen molar-refractivity contribution in [1.29, 1.82) is 0 Å². The first-order chi connectivity index (χ1) is 7.51. The van der Waals surface area contributed by atoms with Gasteiger partial charge in [0.2, 0.25) is 4.38 Å². The number of ether oxygens (including phenoxy) is 2. The van der Waals surface area contributed by atoms with Crippen LogP contribution in [0.2, 0.25) is 0 Å². The molecule has 0 aromatic heterocycles. The molecule has 0 unspecified atom stereocenters. The number of hydrogen-bond donors (Lipinski definition) is 0. The van der Waals surface area contributed by atoms with Crippen molar-refractivity contribution in [3.05, 3.63) is 11.5 Å². The van der Waals surface area contributed by atoms with Crippen molar-refractivity contribution >= 4 is 28.4 Å². The Bertz CT molecular complexity index is 247. The van der Waals surface area contributed by atoms with E-state index in [1.807, 2.05) is 27.0 Å². The molecule has 0 radical (unpaired) electrons. The Kier molecular flexibility index (Phi) is 8.76. The molecule has 0 rings (SSSR count). The molecular weight excluding hydrogens is 240 g/mol. The van der Waals surface area contributed by atoms with Crippen molar-refractivity contribution in [3.8, 4) is 0 Å². The Morgan fingerprint density at radius 2 is 2.00 bits per heavy atom. The van der Waals surface area contributed by atoms with Crippen molar-refractivity contribution in [2.45, 2.75) is 53.1 Å². The van der Waals surface area contributed by atoms with Gasteiger partial charge in [-0.2, -0.15) is 0 Å². The van der Waals surface area contributed by atoms with Gasteiger partial charge < -0.3 is 9.47 Å². The van der Waals surface area contributed by atoms with Crippen molar-refractivity contribution in [1.82, 2.24) is 0 Å². The maximum atomic E-state index is 5.64. The van der Waals surface area contributed by atoms with E-state index in [0.29, 0.717) is 10.3 Å². The zero-order chi connectivity index (χ0) is 12.6. The van der Waals surface area contributed by atoms with E-state index in [2.05, 4.69) is 6.92 Å². The molecule has 16 heavy (non-hydrogen) atoms. The monoisotopic (exact) mass is 262 g/mol. The average molecular weight is 262 g/mol. The molecule has 94 valence electrons. The van der Waals surface area contributed by atoms with E-state index in [4.69, 9.17) is 21.7 Å². The van der Waals surface area contributed by atoms with Gasteiger partial charge in [-0.05, 0) is 52.1 Å². The summed E-state index contributed by atoms with van der Waals surface area (Å²) in [6.07, 6.45) is 5.31. The molecule has 0 N–H and O–H groups in total. The summed E-state index contributed by atoms with van der Waals surface area (Å²) >= 11 is 6.46. The zero-order valence-corrected chi connectivity index (χ0v) is 12.5. The molecule has 0 amide bonds. The Morgan fingerprint density at radius 1 is 1.38 bits per heavy atom. The summed E-state index contributed by atoms with van der Waals surface area (Å²) in [5, 5.41) is 0. The number of rotatable bonds is 6. The largest absolute Gasteiger partial charge is 0.462 e. The lowest BCUT2D eigenvalue weighted by atomic mass is 10.1. The minimum absolute atomic E-state index is 0.108. The molecule has 0 spiro atoms. The first-order valence-electron chi connectivity index (χ1n) is 5.63. The fourth-order valence-electron chi connectivity index (χ4n) is 1.09. The molecule has 0 fully saturated rings. The minimum atomic E-state index is 0.108. The maximum Gasteiger partial charge on any atom is 0.284 e. The van der Waals surface area contributed by atoms with Gasteiger partial charge in [-0.1, -0.05) is 25.1 Å².